The third-order valence-corrected chi connectivity index (χ3v) is 3.94. The standard InChI is InChI=1S/C15H22N4O2/c1-10-6-11(7-16)8-19(10)9-14(20)18-13-5-3-2-4-12(13)15(17)21/h2-5,10-11H,6-9,16H2,1H3,(H2,17,21)(H,18,20). The molecule has 0 aliphatic carbocycles. The summed E-state index contributed by atoms with van der Waals surface area (Å²) < 4.78 is 0. The number of carbonyl (C=O) groups is 2. The fourth-order valence-corrected chi connectivity index (χ4v) is 2.79. The fraction of sp³-hybridized carbons (Fsp3) is 0.467. The Morgan fingerprint density at radius 1 is 1.38 bits per heavy atom. The Bertz CT molecular complexity index is 532. The molecule has 1 fully saturated rings. The van der Waals surface area contributed by atoms with Crippen molar-refractivity contribution in [2.24, 2.45) is 17.4 Å². The Morgan fingerprint density at radius 2 is 2.10 bits per heavy atom. The maximum absolute atomic E-state index is 12.1. The molecule has 0 spiro atoms. The molecule has 1 aliphatic heterocycles. The number of carbonyl (C=O) groups excluding carboxylic acids is 2. The lowest BCUT2D eigenvalue weighted by molar-refractivity contribution is -0.117. The molecule has 0 aromatic heterocycles. The summed E-state index contributed by atoms with van der Waals surface area (Å²) in [5, 5.41) is 2.76. The van der Waals surface area contributed by atoms with Crippen molar-refractivity contribution in [1.29, 1.82) is 0 Å². The normalized spacial score (nSPS) is 22.2. The molecule has 2 atom stereocenters. The molecule has 114 valence electrons. The first-order valence-electron chi connectivity index (χ1n) is 7.14. The van der Waals surface area contributed by atoms with Crippen molar-refractivity contribution in [1.82, 2.24) is 4.90 Å². The average Bonchev–Trinajstić information content (AvgIpc) is 2.79. The third kappa shape index (κ3) is 3.80. The maximum Gasteiger partial charge on any atom is 0.250 e. The monoisotopic (exact) mass is 290 g/mol. The van der Waals surface area contributed by atoms with Crippen LogP contribution in [0.4, 0.5) is 5.69 Å². The topological polar surface area (TPSA) is 101 Å². The van der Waals surface area contributed by atoms with Gasteiger partial charge in [-0.05, 0) is 37.9 Å². The number of nitrogens with two attached hydrogens (primary N) is 2. The second-order valence-electron chi connectivity index (χ2n) is 5.57. The molecule has 2 rings (SSSR count). The Morgan fingerprint density at radius 3 is 2.71 bits per heavy atom. The first-order chi connectivity index (χ1) is 10.0. The molecule has 1 aliphatic rings. The van der Waals surface area contributed by atoms with Gasteiger partial charge in [-0.15, -0.1) is 0 Å². The van der Waals surface area contributed by atoms with Crippen molar-refractivity contribution in [3.8, 4) is 0 Å². The van der Waals surface area contributed by atoms with E-state index < -0.39 is 5.91 Å². The molecular formula is C15H22N4O2. The SMILES string of the molecule is CC1CC(CN)CN1CC(=O)Nc1ccccc1C(N)=O. The minimum atomic E-state index is -0.552. The van der Waals surface area contributed by atoms with E-state index in [9.17, 15) is 9.59 Å². The molecule has 1 aromatic rings. The molecule has 21 heavy (non-hydrogen) atoms. The molecule has 1 aromatic carbocycles. The number of benzene rings is 1. The van der Waals surface area contributed by atoms with E-state index in [1.165, 1.54) is 0 Å². The van der Waals surface area contributed by atoms with Gasteiger partial charge in [0, 0.05) is 12.6 Å². The Balaban J connectivity index is 1.98. The summed E-state index contributed by atoms with van der Waals surface area (Å²) in [6.45, 7) is 3.88. The highest BCUT2D eigenvalue weighted by molar-refractivity contribution is 6.03. The van der Waals surface area contributed by atoms with Crippen LogP contribution >= 0.6 is 0 Å². The molecule has 2 amide bonds. The first-order valence-corrected chi connectivity index (χ1v) is 7.14. The van der Waals surface area contributed by atoms with Crippen molar-refractivity contribution in [3.63, 3.8) is 0 Å². The van der Waals surface area contributed by atoms with Crippen LogP contribution in [0, 0.1) is 5.92 Å². The summed E-state index contributed by atoms with van der Waals surface area (Å²) in [4.78, 5) is 25.6. The van der Waals surface area contributed by atoms with Gasteiger partial charge in [-0.2, -0.15) is 0 Å². The van der Waals surface area contributed by atoms with E-state index in [1.54, 1.807) is 24.3 Å². The van der Waals surface area contributed by atoms with Gasteiger partial charge in [0.2, 0.25) is 5.91 Å². The number of amides is 2. The molecule has 5 N–H and O–H groups in total. The number of hydrogen-bond donors (Lipinski definition) is 3. The predicted molar refractivity (Wildman–Crippen MR) is 81.8 cm³/mol. The van der Waals surface area contributed by atoms with Gasteiger partial charge in [0.1, 0.15) is 0 Å². The van der Waals surface area contributed by atoms with Crippen LogP contribution in [0.2, 0.25) is 0 Å². The third-order valence-electron chi connectivity index (χ3n) is 3.94. The lowest BCUT2D eigenvalue weighted by Crippen LogP contribution is -2.36. The van der Waals surface area contributed by atoms with Gasteiger partial charge in [-0.1, -0.05) is 12.1 Å². The lowest BCUT2D eigenvalue weighted by Gasteiger charge is -2.20. The van der Waals surface area contributed by atoms with Crippen LogP contribution in [0.5, 0.6) is 0 Å². The molecule has 0 radical (unpaired) electrons. The largest absolute Gasteiger partial charge is 0.366 e. The van der Waals surface area contributed by atoms with Crippen LogP contribution < -0.4 is 16.8 Å². The van der Waals surface area contributed by atoms with Gasteiger partial charge in [0.15, 0.2) is 0 Å². The van der Waals surface area contributed by atoms with Crippen LogP contribution in [0.1, 0.15) is 23.7 Å². The zero-order valence-electron chi connectivity index (χ0n) is 12.2. The maximum atomic E-state index is 12.1. The minimum Gasteiger partial charge on any atom is -0.366 e. The predicted octanol–water partition coefficient (Wildman–Crippen LogP) is 0.393. The molecule has 0 saturated carbocycles. The van der Waals surface area contributed by atoms with Crippen molar-refractivity contribution in [3.05, 3.63) is 29.8 Å². The summed E-state index contributed by atoms with van der Waals surface area (Å²) in [6.07, 6.45) is 1.02. The van der Waals surface area contributed by atoms with Gasteiger partial charge < -0.3 is 16.8 Å². The van der Waals surface area contributed by atoms with Crippen molar-refractivity contribution < 1.29 is 9.59 Å². The number of anilines is 1. The van der Waals surface area contributed by atoms with Crippen LogP contribution in [-0.2, 0) is 4.79 Å². The number of rotatable bonds is 5. The molecule has 2 unspecified atom stereocenters. The van der Waals surface area contributed by atoms with Gasteiger partial charge in [0.25, 0.3) is 5.91 Å². The van der Waals surface area contributed by atoms with Crippen molar-refractivity contribution in [2.75, 3.05) is 25.0 Å². The summed E-state index contributed by atoms with van der Waals surface area (Å²) in [7, 11) is 0. The molecular weight excluding hydrogens is 268 g/mol. The summed E-state index contributed by atoms with van der Waals surface area (Å²) in [6, 6.07) is 7.08. The van der Waals surface area contributed by atoms with Gasteiger partial charge in [0.05, 0.1) is 17.8 Å². The first kappa shape index (κ1) is 15.5. The second kappa shape index (κ2) is 6.69. The highest BCUT2D eigenvalue weighted by Gasteiger charge is 2.29. The lowest BCUT2D eigenvalue weighted by atomic mass is 10.1. The Labute approximate surface area is 124 Å². The smallest absolute Gasteiger partial charge is 0.250 e. The highest BCUT2D eigenvalue weighted by Crippen LogP contribution is 2.22. The number of nitrogens with one attached hydrogen (secondary N) is 1. The van der Waals surface area contributed by atoms with Crippen LogP contribution in [0.25, 0.3) is 0 Å². The molecule has 6 nitrogen and oxygen atoms in total. The summed E-state index contributed by atoms with van der Waals surface area (Å²) >= 11 is 0. The number of nitrogens with zero attached hydrogens (tertiary/aromatic N) is 1. The zero-order chi connectivity index (χ0) is 15.4. The second-order valence-corrected chi connectivity index (χ2v) is 5.57. The number of hydrogen-bond acceptors (Lipinski definition) is 4. The number of para-hydroxylation sites is 1. The van der Waals surface area contributed by atoms with E-state index in [0.29, 0.717) is 36.3 Å². The quantitative estimate of drug-likeness (QED) is 0.730. The van der Waals surface area contributed by atoms with Crippen LogP contribution in [0.3, 0.4) is 0 Å². The fourth-order valence-electron chi connectivity index (χ4n) is 2.79. The van der Waals surface area contributed by atoms with Crippen molar-refractivity contribution in [2.45, 2.75) is 19.4 Å². The van der Waals surface area contributed by atoms with E-state index in [0.717, 1.165) is 13.0 Å². The Hall–Kier alpha value is -1.92. The van der Waals surface area contributed by atoms with Gasteiger partial charge in [-0.25, -0.2) is 0 Å². The van der Waals surface area contributed by atoms with Crippen LogP contribution in [0.15, 0.2) is 24.3 Å². The van der Waals surface area contributed by atoms with E-state index >= 15 is 0 Å². The number of likely N-dealkylation sites (tertiary alicyclic amines) is 1. The molecule has 1 saturated heterocycles. The van der Waals surface area contributed by atoms with E-state index in [2.05, 4.69) is 17.1 Å². The summed E-state index contributed by atoms with van der Waals surface area (Å²) in [5.74, 6) is -0.248. The molecule has 6 heteroatoms. The van der Waals surface area contributed by atoms with Crippen LogP contribution in [-0.4, -0.2) is 42.4 Å². The number of primary amides is 1. The molecule has 1 heterocycles. The van der Waals surface area contributed by atoms with Crippen molar-refractivity contribution >= 4 is 17.5 Å². The van der Waals surface area contributed by atoms with E-state index in [4.69, 9.17) is 11.5 Å². The Kier molecular flexibility index (Phi) is 4.93. The van der Waals surface area contributed by atoms with Gasteiger partial charge >= 0.3 is 0 Å². The van der Waals surface area contributed by atoms with E-state index in [1.807, 2.05) is 0 Å². The minimum absolute atomic E-state index is 0.145. The highest BCUT2D eigenvalue weighted by atomic mass is 16.2. The van der Waals surface area contributed by atoms with Gasteiger partial charge in [-0.3, -0.25) is 14.5 Å². The zero-order valence-corrected chi connectivity index (χ0v) is 12.2. The average molecular weight is 290 g/mol. The summed E-state index contributed by atoms with van der Waals surface area (Å²) in [5.41, 5.74) is 11.8. The van der Waals surface area contributed by atoms with E-state index in [-0.39, 0.29) is 5.91 Å². The molecule has 0 bridgehead atoms.